The van der Waals surface area contributed by atoms with E-state index in [2.05, 4.69) is 37.5 Å². The average Bonchev–Trinajstić information content (AvgIpc) is 3.31. The summed E-state index contributed by atoms with van der Waals surface area (Å²) in [5.41, 5.74) is 2.07. The van der Waals surface area contributed by atoms with Crippen molar-refractivity contribution in [3.63, 3.8) is 0 Å². The van der Waals surface area contributed by atoms with Gasteiger partial charge in [-0.3, -0.25) is 14.6 Å². The van der Waals surface area contributed by atoms with Crippen LogP contribution in [-0.2, 0) is 26.3 Å². The minimum atomic E-state index is -4.66. The van der Waals surface area contributed by atoms with Crippen molar-refractivity contribution in [3.05, 3.63) is 76.6 Å². The molecular formula is C35H32F3N9O. The van der Waals surface area contributed by atoms with Crippen LogP contribution in [0.1, 0.15) is 65.2 Å². The van der Waals surface area contributed by atoms with Crippen LogP contribution >= 0.6 is 0 Å². The van der Waals surface area contributed by atoms with Crippen molar-refractivity contribution in [3.8, 4) is 34.7 Å². The zero-order valence-electron chi connectivity index (χ0n) is 26.5. The summed E-state index contributed by atoms with van der Waals surface area (Å²) in [5.74, 6) is 0.409. The lowest BCUT2D eigenvalue weighted by Gasteiger charge is -2.20. The Hall–Kier alpha value is -5.27. The molecule has 1 saturated carbocycles. The molecule has 4 aromatic rings. The number of amides is 1. The van der Waals surface area contributed by atoms with Crippen molar-refractivity contribution in [1.82, 2.24) is 24.6 Å². The van der Waals surface area contributed by atoms with Crippen LogP contribution in [0.5, 0.6) is 0 Å². The van der Waals surface area contributed by atoms with E-state index in [0.717, 1.165) is 32.4 Å². The minimum absolute atomic E-state index is 0.0194. The van der Waals surface area contributed by atoms with Crippen molar-refractivity contribution < 1.29 is 18.0 Å². The molecule has 0 bridgehead atoms. The number of rotatable bonds is 8. The summed E-state index contributed by atoms with van der Waals surface area (Å²) >= 11 is 0. The molecule has 1 aliphatic carbocycles. The molecule has 2 aromatic heterocycles. The molecule has 1 spiro atoms. The maximum atomic E-state index is 14.5. The molecule has 244 valence electrons. The minimum Gasteiger partial charge on any atom is -0.366 e. The standard InChI is InChI=1S/C35H32F3N9O/c1-21(5-9-39)42-30-14-24(26-11-22(16-40)3-4-25(26)32-44-41-20-45(32)2)15-31(43-30)47-18-28-27(33(47)48)12-23(13-29(28)35(36,37)38)17-46-10-8-34(19-46)6-7-34/h3-4,11-15,20-21H,5-8,10,17-19H2,1-2H3,(H,42,43)/t21-/m0/s1. The molecular weight excluding hydrogens is 619 g/mol. The van der Waals surface area contributed by atoms with Gasteiger partial charge >= 0.3 is 6.18 Å². The monoisotopic (exact) mass is 651 g/mol. The SMILES string of the molecule is C[C@@H](CC#N)Nc1cc(-c2cc(C#N)ccc2-c2nncn2C)cc(N2Cc3c(cc(CN4CCC5(CC5)C4)cc3C(F)(F)F)C2=O)n1. The Morgan fingerprint density at radius 3 is 2.54 bits per heavy atom. The smallest absolute Gasteiger partial charge is 0.366 e. The number of carbonyl (C=O) groups is 1. The molecule has 1 saturated heterocycles. The fourth-order valence-corrected chi connectivity index (χ4v) is 6.90. The predicted octanol–water partition coefficient (Wildman–Crippen LogP) is 6.29. The first kappa shape index (κ1) is 31.3. The number of carbonyl (C=O) groups excluding carboxylic acids is 1. The summed E-state index contributed by atoms with van der Waals surface area (Å²) < 4.78 is 45.3. The molecule has 0 radical (unpaired) electrons. The molecule has 2 fully saturated rings. The Morgan fingerprint density at radius 2 is 1.88 bits per heavy atom. The molecule has 2 aromatic carbocycles. The Kier molecular flexibility index (Phi) is 7.68. The Morgan fingerprint density at radius 1 is 1.06 bits per heavy atom. The van der Waals surface area contributed by atoms with E-state index in [0.29, 0.717) is 51.4 Å². The second kappa shape index (κ2) is 11.8. The fourth-order valence-electron chi connectivity index (χ4n) is 6.90. The van der Waals surface area contributed by atoms with Gasteiger partial charge in [0.25, 0.3) is 5.91 Å². The largest absolute Gasteiger partial charge is 0.416 e. The lowest BCUT2D eigenvalue weighted by Crippen LogP contribution is -2.25. The first-order chi connectivity index (χ1) is 23.0. The van der Waals surface area contributed by atoms with Crippen molar-refractivity contribution in [1.29, 1.82) is 10.5 Å². The molecule has 4 heterocycles. The number of hydrogen-bond donors (Lipinski definition) is 1. The molecule has 0 unspecified atom stereocenters. The van der Waals surface area contributed by atoms with E-state index in [9.17, 15) is 28.5 Å². The first-order valence-electron chi connectivity index (χ1n) is 15.8. The summed E-state index contributed by atoms with van der Waals surface area (Å²) in [6.07, 6.45) is 0.432. The highest BCUT2D eigenvalue weighted by molar-refractivity contribution is 6.10. The van der Waals surface area contributed by atoms with E-state index in [1.54, 1.807) is 61.3 Å². The zero-order chi connectivity index (χ0) is 33.8. The van der Waals surface area contributed by atoms with E-state index in [4.69, 9.17) is 0 Å². The van der Waals surface area contributed by atoms with Gasteiger partial charge in [-0.15, -0.1) is 10.2 Å². The number of nitrogens with zero attached hydrogens (tertiary/aromatic N) is 8. The van der Waals surface area contributed by atoms with Crippen LogP contribution in [0.2, 0.25) is 0 Å². The number of aryl methyl sites for hydroxylation is 1. The van der Waals surface area contributed by atoms with E-state index < -0.39 is 17.6 Å². The summed E-state index contributed by atoms with van der Waals surface area (Å²) in [4.78, 5) is 22.1. The Labute approximate surface area is 275 Å². The van der Waals surface area contributed by atoms with Crippen LogP contribution in [0, 0.1) is 28.1 Å². The Balaban J connectivity index is 1.31. The second-order valence-corrected chi connectivity index (χ2v) is 13.2. The topological polar surface area (TPSA) is 127 Å². The van der Waals surface area contributed by atoms with Crippen LogP contribution < -0.4 is 10.2 Å². The molecule has 48 heavy (non-hydrogen) atoms. The van der Waals surface area contributed by atoms with Gasteiger partial charge in [0.05, 0.1) is 36.2 Å². The zero-order valence-corrected chi connectivity index (χ0v) is 26.5. The van der Waals surface area contributed by atoms with Crippen LogP contribution in [0.3, 0.4) is 0 Å². The Bertz CT molecular complexity index is 2020. The third kappa shape index (κ3) is 5.86. The van der Waals surface area contributed by atoms with Crippen molar-refractivity contribution in [2.75, 3.05) is 23.3 Å². The highest BCUT2D eigenvalue weighted by Gasteiger charge is 2.48. The summed E-state index contributed by atoms with van der Waals surface area (Å²) in [5, 5.41) is 30.4. The number of halogens is 3. The van der Waals surface area contributed by atoms with Crippen molar-refractivity contribution in [2.24, 2.45) is 12.5 Å². The maximum Gasteiger partial charge on any atom is 0.416 e. The van der Waals surface area contributed by atoms with E-state index >= 15 is 0 Å². The van der Waals surface area contributed by atoms with Gasteiger partial charge in [0.15, 0.2) is 5.82 Å². The number of nitriles is 2. The second-order valence-electron chi connectivity index (χ2n) is 13.2. The van der Waals surface area contributed by atoms with Gasteiger partial charge in [0, 0.05) is 37.3 Å². The highest BCUT2D eigenvalue weighted by atomic mass is 19.4. The van der Waals surface area contributed by atoms with Gasteiger partial charge in [-0.2, -0.15) is 23.7 Å². The normalized spacial score (nSPS) is 17.3. The number of nitrogens with one attached hydrogen (secondary N) is 1. The summed E-state index contributed by atoms with van der Waals surface area (Å²) in [6.45, 7) is 3.54. The third-order valence-corrected chi connectivity index (χ3v) is 9.58. The molecule has 1 atom stereocenters. The molecule has 13 heteroatoms. The van der Waals surface area contributed by atoms with Gasteiger partial charge in [0.1, 0.15) is 18.0 Å². The van der Waals surface area contributed by atoms with Gasteiger partial charge in [-0.1, -0.05) is 0 Å². The van der Waals surface area contributed by atoms with Gasteiger partial charge < -0.3 is 9.88 Å². The number of aromatic nitrogens is 4. The van der Waals surface area contributed by atoms with E-state index in [-0.39, 0.29) is 36.0 Å². The number of hydrogen-bond acceptors (Lipinski definition) is 8. The van der Waals surface area contributed by atoms with Crippen LogP contribution in [0.4, 0.5) is 24.8 Å². The van der Waals surface area contributed by atoms with Gasteiger partial charge in [-0.05, 0) is 103 Å². The molecule has 10 nitrogen and oxygen atoms in total. The number of fused-ring (bicyclic) bond motifs is 1. The van der Waals surface area contributed by atoms with Gasteiger partial charge in [0.2, 0.25) is 0 Å². The van der Waals surface area contributed by atoms with Gasteiger partial charge in [-0.25, -0.2) is 4.98 Å². The lowest BCUT2D eigenvalue weighted by molar-refractivity contribution is -0.138. The molecule has 1 N–H and O–H groups in total. The molecule has 2 aliphatic heterocycles. The lowest BCUT2D eigenvalue weighted by atomic mass is 9.97. The fraction of sp³-hybridized carbons (Fsp3) is 0.371. The maximum absolute atomic E-state index is 14.5. The average molecular weight is 652 g/mol. The first-order valence-corrected chi connectivity index (χ1v) is 15.8. The highest BCUT2D eigenvalue weighted by Crippen LogP contribution is 2.53. The molecule has 1 amide bonds. The number of alkyl halides is 3. The van der Waals surface area contributed by atoms with Crippen LogP contribution in [0.25, 0.3) is 22.5 Å². The summed E-state index contributed by atoms with van der Waals surface area (Å²) in [7, 11) is 1.78. The van der Waals surface area contributed by atoms with Crippen LogP contribution in [-0.4, -0.2) is 49.7 Å². The quantitative estimate of drug-likeness (QED) is 0.235. The van der Waals surface area contributed by atoms with Crippen molar-refractivity contribution in [2.45, 2.75) is 57.9 Å². The molecule has 3 aliphatic rings. The number of pyridine rings is 1. The molecule has 7 rings (SSSR count). The van der Waals surface area contributed by atoms with E-state index in [1.165, 1.54) is 11.0 Å². The number of anilines is 2. The predicted molar refractivity (Wildman–Crippen MR) is 171 cm³/mol. The van der Waals surface area contributed by atoms with E-state index in [1.807, 2.05) is 0 Å². The van der Waals surface area contributed by atoms with Crippen molar-refractivity contribution >= 4 is 17.5 Å². The number of likely N-dealkylation sites (tertiary alicyclic amines) is 1. The third-order valence-electron chi connectivity index (χ3n) is 9.58. The summed E-state index contributed by atoms with van der Waals surface area (Å²) in [6, 6.07) is 15.2. The van der Waals surface area contributed by atoms with Crippen LogP contribution in [0.15, 0.2) is 48.8 Å². The number of benzene rings is 2.